The van der Waals surface area contributed by atoms with Crippen molar-refractivity contribution in [1.29, 1.82) is 0 Å². The van der Waals surface area contributed by atoms with E-state index < -0.39 is 5.97 Å². The molecule has 0 aromatic carbocycles. The lowest BCUT2D eigenvalue weighted by Crippen LogP contribution is -2.26. The number of carboxylic acids is 1. The molecule has 110 valence electrons. The minimum absolute atomic E-state index is 0.379. The highest BCUT2D eigenvalue weighted by molar-refractivity contribution is 7.15. The molecule has 1 aromatic rings. The van der Waals surface area contributed by atoms with E-state index in [0.717, 1.165) is 36.6 Å². The van der Waals surface area contributed by atoms with Gasteiger partial charge < -0.3 is 10.0 Å². The third-order valence-electron chi connectivity index (χ3n) is 4.23. The van der Waals surface area contributed by atoms with E-state index in [1.165, 1.54) is 30.6 Å². The van der Waals surface area contributed by atoms with Gasteiger partial charge in [-0.05, 0) is 38.5 Å². The average Bonchev–Trinajstić information content (AvgIpc) is 3.17. The van der Waals surface area contributed by atoms with Crippen molar-refractivity contribution in [2.75, 3.05) is 11.4 Å². The molecule has 0 amide bonds. The molecule has 1 N–H and O–H groups in total. The fourth-order valence-electron chi connectivity index (χ4n) is 2.92. The predicted molar refractivity (Wildman–Crippen MR) is 80.7 cm³/mol. The first-order valence-electron chi connectivity index (χ1n) is 7.69. The number of aliphatic carboxylic acids is 1. The lowest BCUT2D eigenvalue weighted by Gasteiger charge is -2.21. The molecular weight excluding hydrogens is 272 g/mol. The molecule has 1 unspecified atom stereocenters. The maximum Gasteiger partial charge on any atom is 0.312 e. The molecule has 20 heavy (non-hydrogen) atoms. The molecule has 0 aliphatic heterocycles. The van der Waals surface area contributed by atoms with Crippen molar-refractivity contribution in [3.63, 3.8) is 0 Å². The number of unbranched alkanes of at least 4 members (excludes halogenated alkanes) is 1. The summed E-state index contributed by atoms with van der Waals surface area (Å²) in [7, 11) is 0. The van der Waals surface area contributed by atoms with Crippen LogP contribution in [0.25, 0.3) is 0 Å². The highest BCUT2D eigenvalue weighted by atomic mass is 32.1. The Morgan fingerprint density at radius 3 is 2.90 bits per heavy atom. The number of carbonyl (C=O) groups is 1. The molecule has 0 bridgehead atoms. The van der Waals surface area contributed by atoms with Crippen LogP contribution < -0.4 is 4.90 Å². The van der Waals surface area contributed by atoms with Crippen molar-refractivity contribution in [3.8, 4) is 0 Å². The predicted octanol–water partition coefficient (Wildman–Crippen LogP) is 3.42. The molecule has 1 fully saturated rings. The van der Waals surface area contributed by atoms with Crippen LogP contribution in [0, 0.1) is 0 Å². The lowest BCUT2D eigenvalue weighted by atomic mass is 9.91. The van der Waals surface area contributed by atoms with Crippen molar-refractivity contribution in [2.24, 2.45) is 0 Å². The van der Waals surface area contributed by atoms with E-state index in [1.807, 2.05) is 0 Å². The summed E-state index contributed by atoms with van der Waals surface area (Å²) in [4.78, 5) is 19.7. The second-order valence-electron chi connectivity index (χ2n) is 5.87. The number of aryl methyl sites for hydroxylation is 1. The van der Waals surface area contributed by atoms with Gasteiger partial charge >= 0.3 is 5.97 Å². The fraction of sp³-hybridized carbons (Fsp3) is 0.733. The molecular formula is C15H22N2O2S. The first-order valence-corrected chi connectivity index (χ1v) is 8.51. The molecule has 0 spiro atoms. The molecule has 2 aliphatic rings. The number of anilines is 1. The second kappa shape index (κ2) is 5.72. The normalized spacial score (nSPS) is 21.6. The number of hydrogen-bond donors (Lipinski definition) is 1. The van der Waals surface area contributed by atoms with Crippen LogP contribution in [-0.2, 0) is 11.2 Å². The highest BCUT2D eigenvalue weighted by Gasteiger charge is 2.34. The van der Waals surface area contributed by atoms with Crippen LogP contribution >= 0.6 is 11.3 Å². The van der Waals surface area contributed by atoms with Crippen molar-refractivity contribution in [2.45, 2.75) is 63.8 Å². The molecule has 4 nitrogen and oxygen atoms in total. The molecule has 0 radical (unpaired) electrons. The standard InChI is InChI=1S/C15H22N2O2S/c1-2-3-9-17(10-7-8-10)15-16-13-11(14(18)19)5-4-6-12(13)20-15/h10-11H,2-9H2,1H3,(H,18,19). The quantitative estimate of drug-likeness (QED) is 0.873. The summed E-state index contributed by atoms with van der Waals surface area (Å²) in [5.74, 6) is -1.09. The molecule has 1 heterocycles. The minimum Gasteiger partial charge on any atom is -0.481 e. The third kappa shape index (κ3) is 2.68. The molecule has 0 saturated heterocycles. The van der Waals surface area contributed by atoms with E-state index in [-0.39, 0.29) is 5.92 Å². The van der Waals surface area contributed by atoms with Gasteiger partial charge in [0.25, 0.3) is 0 Å². The fourth-order valence-corrected chi connectivity index (χ4v) is 4.18. The van der Waals surface area contributed by atoms with Crippen LogP contribution in [0.1, 0.15) is 61.9 Å². The lowest BCUT2D eigenvalue weighted by molar-refractivity contribution is -0.139. The van der Waals surface area contributed by atoms with Gasteiger partial charge in [-0.25, -0.2) is 4.98 Å². The van der Waals surface area contributed by atoms with Gasteiger partial charge in [0.05, 0.1) is 5.69 Å². The zero-order valence-electron chi connectivity index (χ0n) is 12.0. The molecule has 5 heteroatoms. The number of aromatic nitrogens is 1. The summed E-state index contributed by atoms with van der Waals surface area (Å²) in [5, 5.41) is 10.4. The Labute approximate surface area is 123 Å². The van der Waals surface area contributed by atoms with Gasteiger partial charge in [0.1, 0.15) is 5.92 Å². The van der Waals surface area contributed by atoms with Crippen LogP contribution in [0.15, 0.2) is 0 Å². The van der Waals surface area contributed by atoms with Gasteiger partial charge in [-0.3, -0.25) is 4.79 Å². The van der Waals surface area contributed by atoms with Gasteiger partial charge in [-0.15, -0.1) is 11.3 Å². The van der Waals surface area contributed by atoms with Crippen molar-refractivity contribution in [3.05, 3.63) is 10.6 Å². The topological polar surface area (TPSA) is 53.4 Å². The number of fused-ring (bicyclic) bond motifs is 1. The average molecular weight is 294 g/mol. The van der Waals surface area contributed by atoms with Crippen molar-refractivity contribution >= 4 is 22.4 Å². The smallest absolute Gasteiger partial charge is 0.312 e. The zero-order valence-corrected chi connectivity index (χ0v) is 12.8. The summed E-state index contributed by atoms with van der Waals surface area (Å²) >= 11 is 1.73. The third-order valence-corrected chi connectivity index (χ3v) is 5.40. The maximum atomic E-state index is 11.4. The first kappa shape index (κ1) is 13.9. The monoisotopic (exact) mass is 294 g/mol. The Kier molecular flexibility index (Phi) is 3.96. The summed E-state index contributed by atoms with van der Waals surface area (Å²) in [6.45, 7) is 3.27. The van der Waals surface area contributed by atoms with Crippen molar-refractivity contribution in [1.82, 2.24) is 4.98 Å². The number of hydrogen-bond acceptors (Lipinski definition) is 4. The van der Waals surface area contributed by atoms with Gasteiger partial charge in [0.2, 0.25) is 0 Å². The van der Waals surface area contributed by atoms with Crippen LogP contribution in [-0.4, -0.2) is 28.6 Å². The minimum atomic E-state index is -0.714. The van der Waals surface area contributed by atoms with Gasteiger partial charge in [-0.1, -0.05) is 13.3 Å². The Morgan fingerprint density at radius 1 is 1.45 bits per heavy atom. The van der Waals surface area contributed by atoms with E-state index in [9.17, 15) is 9.90 Å². The molecule has 1 aromatic heterocycles. The number of thiazole rings is 1. The van der Waals surface area contributed by atoms with E-state index in [0.29, 0.717) is 6.04 Å². The molecule has 3 rings (SSSR count). The summed E-state index contributed by atoms with van der Waals surface area (Å²) in [6, 6.07) is 0.650. The summed E-state index contributed by atoms with van der Waals surface area (Å²) in [6.07, 6.45) is 7.61. The molecule has 1 atom stereocenters. The van der Waals surface area contributed by atoms with Crippen LogP contribution in [0.4, 0.5) is 5.13 Å². The SMILES string of the molecule is CCCCN(c1nc2c(s1)CCCC2C(=O)O)C1CC1. The first-order chi connectivity index (χ1) is 9.70. The van der Waals surface area contributed by atoms with E-state index in [1.54, 1.807) is 11.3 Å². The number of rotatable bonds is 6. The Hall–Kier alpha value is -1.10. The highest BCUT2D eigenvalue weighted by Crippen LogP contribution is 2.41. The van der Waals surface area contributed by atoms with Gasteiger partial charge in [-0.2, -0.15) is 0 Å². The molecule has 2 aliphatic carbocycles. The Bertz CT molecular complexity index is 496. The van der Waals surface area contributed by atoms with E-state index in [4.69, 9.17) is 4.98 Å². The Morgan fingerprint density at radius 2 is 2.25 bits per heavy atom. The maximum absolute atomic E-state index is 11.4. The van der Waals surface area contributed by atoms with Crippen LogP contribution in [0.5, 0.6) is 0 Å². The van der Waals surface area contributed by atoms with Crippen LogP contribution in [0.3, 0.4) is 0 Å². The second-order valence-corrected chi connectivity index (χ2v) is 6.93. The summed E-state index contributed by atoms with van der Waals surface area (Å²) in [5.41, 5.74) is 0.853. The molecule has 1 saturated carbocycles. The van der Waals surface area contributed by atoms with Gasteiger partial charge in [0.15, 0.2) is 5.13 Å². The Balaban J connectivity index is 1.85. The van der Waals surface area contributed by atoms with E-state index in [2.05, 4.69) is 11.8 Å². The largest absolute Gasteiger partial charge is 0.481 e. The number of carboxylic acid groups (broad SMARTS) is 1. The van der Waals surface area contributed by atoms with E-state index >= 15 is 0 Å². The summed E-state index contributed by atoms with van der Waals surface area (Å²) < 4.78 is 0. The van der Waals surface area contributed by atoms with Gasteiger partial charge in [0, 0.05) is 17.5 Å². The van der Waals surface area contributed by atoms with Crippen LogP contribution in [0.2, 0.25) is 0 Å². The van der Waals surface area contributed by atoms with Crippen molar-refractivity contribution < 1.29 is 9.90 Å². The zero-order chi connectivity index (χ0) is 14.1. The number of nitrogens with zero attached hydrogens (tertiary/aromatic N) is 2.